The minimum absolute atomic E-state index is 0.282. The highest BCUT2D eigenvalue weighted by molar-refractivity contribution is 6.17. The Morgan fingerprint density at radius 3 is 3.00 bits per heavy atom. The summed E-state index contributed by atoms with van der Waals surface area (Å²) < 4.78 is 14.5. The van der Waals surface area contributed by atoms with E-state index in [1.54, 1.807) is 23.0 Å². The molecule has 2 aromatic rings. The molecule has 1 aromatic carbocycles. The summed E-state index contributed by atoms with van der Waals surface area (Å²) in [4.78, 5) is 0. The Morgan fingerprint density at radius 1 is 1.38 bits per heavy atom. The molecule has 0 amide bonds. The van der Waals surface area contributed by atoms with Crippen LogP contribution in [-0.2, 0) is 6.42 Å². The number of aryl methyl sites for hydroxylation is 1. The van der Waals surface area contributed by atoms with Crippen LogP contribution in [0.1, 0.15) is 12.1 Å². The molecule has 0 radical (unpaired) electrons. The van der Waals surface area contributed by atoms with Crippen LogP contribution >= 0.6 is 11.6 Å². The highest BCUT2D eigenvalue weighted by Gasteiger charge is 2.03. The van der Waals surface area contributed by atoms with Crippen molar-refractivity contribution in [1.82, 2.24) is 15.0 Å². The molecule has 0 saturated carbocycles. The molecule has 0 fully saturated rings. The second kappa shape index (κ2) is 5.07. The average molecular weight is 240 g/mol. The summed E-state index contributed by atoms with van der Waals surface area (Å²) in [7, 11) is 0. The molecule has 0 aliphatic carbocycles. The lowest BCUT2D eigenvalue weighted by atomic mass is 10.3. The third-order valence-electron chi connectivity index (χ3n) is 2.18. The van der Waals surface area contributed by atoms with Crippen LogP contribution in [-0.4, -0.2) is 20.9 Å². The van der Waals surface area contributed by atoms with Crippen molar-refractivity contribution in [2.24, 2.45) is 0 Å². The van der Waals surface area contributed by atoms with Crippen molar-refractivity contribution in [3.63, 3.8) is 0 Å². The van der Waals surface area contributed by atoms with Crippen LogP contribution in [0.3, 0.4) is 0 Å². The molecule has 0 aliphatic rings. The molecular formula is C11H11ClFN3. The van der Waals surface area contributed by atoms with E-state index >= 15 is 0 Å². The number of hydrogen-bond acceptors (Lipinski definition) is 2. The van der Waals surface area contributed by atoms with Gasteiger partial charge in [0, 0.05) is 5.88 Å². The quantitative estimate of drug-likeness (QED) is 0.768. The van der Waals surface area contributed by atoms with Gasteiger partial charge in [-0.2, -0.15) is 0 Å². The van der Waals surface area contributed by atoms with Gasteiger partial charge >= 0.3 is 0 Å². The van der Waals surface area contributed by atoms with Crippen molar-refractivity contribution in [1.29, 1.82) is 0 Å². The van der Waals surface area contributed by atoms with Gasteiger partial charge in [-0.05, 0) is 31.0 Å². The zero-order valence-corrected chi connectivity index (χ0v) is 9.36. The average Bonchev–Trinajstić information content (AvgIpc) is 2.75. The van der Waals surface area contributed by atoms with E-state index in [1.165, 1.54) is 12.1 Å². The number of halogens is 2. The van der Waals surface area contributed by atoms with Crippen molar-refractivity contribution >= 4 is 11.6 Å². The second-order valence-corrected chi connectivity index (χ2v) is 3.80. The van der Waals surface area contributed by atoms with Gasteiger partial charge in [0.25, 0.3) is 0 Å². The van der Waals surface area contributed by atoms with E-state index in [0.717, 1.165) is 18.5 Å². The van der Waals surface area contributed by atoms with Crippen LogP contribution in [0.5, 0.6) is 0 Å². The summed E-state index contributed by atoms with van der Waals surface area (Å²) in [6.45, 7) is 0. The molecule has 16 heavy (non-hydrogen) atoms. The van der Waals surface area contributed by atoms with Gasteiger partial charge in [0.2, 0.25) is 0 Å². The number of benzene rings is 1. The van der Waals surface area contributed by atoms with Gasteiger partial charge in [0.1, 0.15) is 5.82 Å². The molecule has 5 heteroatoms. The maximum atomic E-state index is 13.0. The van der Waals surface area contributed by atoms with E-state index < -0.39 is 0 Å². The standard InChI is InChI=1S/C11H11ClFN3/c12-6-2-4-10-8-16(15-14-10)11-5-1-3-9(13)7-11/h1,3,5,7-8H,2,4,6H2. The molecule has 84 valence electrons. The number of aromatic nitrogens is 3. The van der Waals surface area contributed by atoms with Crippen LogP contribution in [0.4, 0.5) is 4.39 Å². The number of hydrogen-bond donors (Lipinski definition) is 0. The minimum atomic E-state index is -0.282. The molecule has 0 N–H and O–H groups in total. The third-order valence-corrected chi connectivity index (χ3v) is 2.45. The molecule has 0 spiro atoms. The van der Waals surface area contributed by atoms with Gasteiger partial charge < -0.3 is 0 Å². The van der Waals surface area contributed by atoms with E-state index in [0.29, 0.717) is 11.6 Å². The van der Waals surface area contributed by atoms with E-state index in [-0.39, 0.29) is 5.82 Å². The SMILES string of the molecule is Fc1cccc(-n2cc(CCCCl)nn2)c1. The van der Waals surface area contributed by atoms with Gasteiger partial charge in [-0.3, -0.25) is 0 Å². The summed E-state index contributed by atoms with van der Waals surface area (Å²) in [5.41, 5.74) is 1.54. The Kier molecular flexibility index (Phi) is 3.51. The van der Waals surface area contributed by atoms with Gasteiger partial charge in [-0.1, -0.05) is 11.3 Å². The summed E-state index contributed by atoms with van der Waals surface area (Å²) in [5, 5.41) is 7.93. The second-order valence-electron chi connectivity index (χ2n) is 3.43. The number of alkyl halides is 1. The Balaban J connectivity index is 2.18. The normalized spacial score (nSPS) is 10.6. The van der Waals surface area contributed by atoms with Crippen LogP contribution in [0, 0.1) is 5.82 Å². The fourth-order valence-corrected chi connectivity index (χ4v) is 1.54. The molecule has 0 unspecified atom stereocenters. The van der Waals surface area contributed by atoms with E-state index in [9.17, 15) is 4.39 Å². The van der Waals surface area contributed by atoms with Gasteiger partial charge in [0.15, 0.2) is 0 Å². The molecular weight excluding hydrogens is 229 g/mol. The van der Waals surface area contributed by atoms with Crippen LogP contribution in [0.15, 0.2) is 30.5 Å². The molecule has 3 nitrogen and oxygen atoms in total. The summed E-state index contributed by atoms with van der Waals surface area (Å²) >= 11 is 5.59. The van der Waals surface area contributed by atoms with Crippen LogP contribution in [0.2, 0.25) is 0 Å². The Hall–Kier alpha value is -1.42. The first-order valence-corrected chi connectivity index (χ1v) is 5.56. The smallest absolute Gasteiger partial charge is 0.125 e. The van der Waals surface area contributed by atoms with Crippen LogP contribution in [0.25, 0.3) is 5.69 Å². The molecule has 2 rings (SSSR count). The van der Waals surface area contributed by atoms with Gasteiger partial charge in [-0.25, -0.2) is 9.07 Å². The van der Waals surface area contributed by atoms with E-state index in [2.05, 4.69) is 10.3 Å². The number of nitrogens with zero attached hydrogens (tertiary/aromatic N) is 3. The predicted molar refractivity (Wildman–Crippen MR) is 60.4 cm³/mol. The van der Waals surface area contributed by atoms with E-state index in [1.807, 2.05) is 0 Å². The molecule has 0 saturated heterocycles. The van der Waals surface area contributed by atoms with Gasteiger partial charge in [0.05, 0.1) is 17.6 Å². The monoisotopic (exact) mass is 239 g/mol. The van der Waals surface area contributed by atoms with Gasteiger partial charge in [-0.15, -0.1) is 16.7 Å². The Morgan fingerprint density at radius 2 is 2.25 bits per heavy atom. The predicted octanol–water partition coefficient (Wildman–Crippen LogP) is 2.58. The fraction of sp³-hybridized carbons (Fsp3) is 0.273. The molecule has 0 atom stereocenters. The summed E-state index contributed by atoms with van der Waals surface area (Å²) in [6.07, 6.45) is 3.45. The topological polar surface area (TPSA) is 30.7 Å². The molecule has 0 bridgehead atoms. The fourth-order valence-electron chi connectivity index (χ4n) is 1.41. The molecule has 1 heterocycles. The lowest BCUT2D eigenvalue weighted by molar-refractivity contribution is 0.625. The zero-order chi connectivity index (χ0) is 11.4. The summed E-state index contributed by atoms with van der Waals surface area (Å²) in [5.74, 6) is 0.322. The molecule has 1 aromatic heterocycles. The largest absolute Gasteiger partial charge is 0.220 e. The highest BCUT2D eigenvalue weighted by Crippen LogP contribution is 2.09. The first-order valence-electron chi connectivity index (χ1n) is 5.03. The minimum Gasteiger partial charge on any atom is -0.220 e. The first kappa shape index (κ1) is 11.1. The van der Waals surface area contributed by atoms with E-state index in [4.69, 9.17) is 11.6 Å². The maximum Gasteiger partial charge on any atom is 0.125 e. The lowest BCUT2D eigenvalue weighted by Crippen LogP contribution is -1.94. The van der Waals surface area contributed by atoms with Crippen LogP contribution < -0.4 is 0 Å². The van der Waals surface area contributed by atoms with Crippen molar-refractivity contribution in [3.05, 3.63) is 42.0 Å². The van der Waals surface area contributed by atoms with Crippen molar-refractivity contribution < 1.29 is 4.39 Å². The first-order chi connectivity index (χ1) is 7.79. The Bertz CT molecular complexity index is 470. The highest BCUT2D eigenvalue weighted by atomic mass is 35.5. The Labute approximate surface area is 97.8 Å². The maximum absolute atomic E-state index is 13.0. The van der Waals surface area contributed by atoms with Crippen molar-refractivity contribution in [3.8, 4) is 5.69 Å². The number of rotatable bonds is 4. The molecule has 0 aliphatic heterocycles. The summed E-state index contributed by atoms with van der Waals surface area (Å²) in [6, 6.07) is 6.24. The van der Waals surface area contributed by atoms with Crippen molar-refractivity contribution in [2.45, 2.75) is 12.8 Å². The third kappa shape index (κ3) is 2.58. The zero-order valence-electron chi connectivity index (χ0n) is 8.61. The van der Waals surface area contributed by atoms with Crippen molar-refractivity contribution in [2.75, 3.05) is 5.88 Å². The lowest BCUT2D eigenvalue weighted by Gasteiger charge is -1.98.